The fourth-order valence-electron chi connectivity index (χ4n) is 3.90. The highest BCUT2D eigenvalue weighted by Gasteiger charge is 2.40. The van der Waals surface area contributed by atoms with Crippen molar-refractivity contribution in [3.05, 3.63) is 34.9 Å². The first-order chi connectivity index (χ1) is 10.6. The summed E-state index contributed by atoms with van der Waals surface area (Å²) in [4.78, 5) is 16.0. The number of carbonyl (C=O) groups excluding carboxylic acids is 1. The van der Waals surface area contributed by atoms with Crippen LogP contribution in [0.15, 0.2) is 24.3 Å². The van der Waals surface area contributed by atoms with Crippen LogP contribution in [-0.4, -0.2) is 48.6 Å². The number of likely N-dealkylation sites (N-methyl/N-ethyl adjacent to an activating group) is 1. The minimum absolute atomic E-state index is 0. The van der Waals surface area contributed by atoms with Crippen molar-refractivity contribution in [2.75, 3.05) is 26.7 Å². The first-order valence-corrected chi connectivity index (χ1v) is 8.41. The van der Waals surface area contributed by atoms with Gasteiger partial charge in [-0.2, -0.15) is 0 Å². The maximum absolute atomic E-state index is 12.2. The maximum atomic E-state index is 12.2. The van der Waals surface area contributed by atoms with E-state index in [-0.39, 0.29) is 23.9 Å². The summed E-state index contributed by atoms with van der Waals surface area (Å²) < 4.78 is 0. The Morgan fingerprint density at radius 1 is 1.30 bits per heavy atom. The van der Waals surface area contributed by atoms with Crippen molar-refractivity contribution in [3.63, 3.8) is 0 Å². The normalized spacial score (nSPS) is 28.0. The minimum Gasteiger partial charge on any atom is -0.330 e. The van der Waals surface area contributed by atoms with Gasteiger partial charge in [0.05, 0.1) is 0 Å². The topological polar surface area (TPSA) is 49.6 Å². The molecule has 0 bridgehead atoms. The molecule has 0 spiro atoms. The van der Waals surface area contributed by atoms with E-state index in [1.54, 1.807) is 0 Å². The fourth-order valence-corrected chi connectivity index (χ4v) is 4.09. The molecule has 23 heavy (non-hydrogen) atoms. The summed E-state index contributed by atoms with van der Waals surface area (Å²) in [6.07, 6.45) is 4.07. The fraction of sp³-hybridized carbons (Fsp3) is 0.588. The molecule has 0 aromatic heterocycles. The molecule has 2 N–H and O–H groups in total. The molecule has 2 aliphatic rings. The Morgan fingerprint density at radius 3 is 2.52 bits per heavy atom. The van der Waals surface area contributed by atoms with Gasteiger partial charge in [0.15, 0.2) is 0 Å². The van der Waals surface area contributed by atoms with Gasteiger partial charge in [-0.15, -0.1) is 12.4 Å². The van der Waals surface area contributed by atoms with E-state index in [4.69, 9.17) is 17.3 Å². The van der Waals surface area contributed by atoms with Gasteiger partial charge in [0.2, 0.25) is 0 Å². The Labute approximate surface area is 149 Å². The monoisotopic (exact) mass is 357 g/mol. The molecule has 1 saturated carbocycles. The lowest BCUT2D eigenvalue weighted by Gasteiger charge is -2.42. The van der Waals surface area contributed by atoms with Crippen LogP contribution < -0.4 is 5.73 Å². The number of carbonyl (C=O) groups is 1. The summed E-state index contributed by atoms with van der Waals surface area (Å²) in [5.74, 6) is 0. The van der Waals surface area contributed by atoms with Crippen LogP contribution in [0.5, 0.6) is 0 Å². The zero-order chi connectivity index (χ0) is 15.7. The van der Waals surface area contributed by atoms with Crippen LogP contribution >= 0.6 is 24.0 Å². The summed E-state index contributed by atoms with van der Waals surface area (Å²) in [6.45, 7) is 2.33. The number of halogens is 2. The van der Waals surface area contributed by atoms with Gasteiger partial charge in [0, 0.05) is 43.2 Å². The molecule has 0 radical (unpaired) electrons. The number of hydrogen-bond acceptors (Lipinski definition) is 2. The second-order valence-corrected chi connectivity index (χ2v) is 7.06. The van der Waals surface area contributed by atoms with Crippen LogP contribution in [-0.2, 0) is 5.41 Å². The van der Waals surface area contributed by atoms with Crippen LogP contribution in [0.4, 0.5) is 4.79 Å². The highest BCUT2D eigenvalue weighted by molar-refractivity contribution is 6.30. The van der Waals surface area contributed by atoms with E-state index in [1.165, 1.54) is 5.56 Å². The third kappa shape index (κ3) is 3.44. The quantitative estimate of drug-likeness (QED) is 0.902. The summed E-state index contributed by atoms with van der Waals surface area (Å²) >= 11 is 6.15. The average molecular weight is 358 g/mol. The van der Waals surface area contributed by atoms with E-state index in [0.29, 0.717) is 12.6 Å². The van der Waals surface area contributed by atoms with Crippen LogP contribution in [0.3, 0.4) is 0 Å². The second-order valence-electron chi connectivity index (χ2n) is 6.62. The Kier molecular flexibility index (Phi) is 5.82. The molecule has 4 nitrogen and oxygen atoms in total. The Hall–Kier alpha value is -0.970. The molecule has 1 aliphatic heterocycles. The molecule has 1 aliphatic carbocycles. The molecule has 6 heteroatoms. The maximum Gasteiger partial charge on any atom is 0.320 e. The van der Waals surface area contributed by atoms with Crippen LogP contribution in [0, 0.1) is 0 Å². The number of benzene rings is 1. The van der Waals surface area contributed by atoms with Gasteiger partial charge in [0.25, 0.3) is 0 Å². The van der Waals surface area contributed by atoms with E-state index < -0.39 is 0 Å². The lowest BCUT2D eigenvalue weighted by atomic mass is 9.68. The molecular formula is C17H25Cl2N3O. The van der Waals surface area contributed by atoms with Gasteiger partial charge in [-0.3, -0.25) is 0 Å². The van der Waals surface area contributed by atoms with Gasteiger partial charge >= 0.3 is 6.03 Å². The van der Waals surface area contributed by atoms with E-state index in [9.17, 15) is 4.79 Å². The highest BCUT2D eigenvalue weighted by Crippen LogP contribution is 2.41. The van der Waals surface area contributed by atoms with E-state index in [2.05, 4.69) is 6.07 Å². The Balaban J connectivity index is 0.00000192. The molecule has 2 fully saturated rings. The predicted molar refractivity (Wildman–Crippen MR) is 96.4 cm³/mol. The lowest BCUT2D eigenvalue weighted by Crippen LogP contribution is -2.46. The average Bonchev–Trinajstić information content (AvgIpc) is 2.87. The molecule has 0 unspecified atom stereocenters. The van der Waals surface area contributed by atoms with Crippen molar-refractivity contribution in [1.29, 1.82) is 0 Å². The molecule has 2 amide bonds. The van der Waals surface area contributed by atoms with E-state index in [0.717, 1.165) is 43.8 Å². The third-order valence-corrected chi connectivity index (χ3v) is 5.66. The number of urea groups is 1. The number of rotatable bonds is 3. The van der Waals surface area contributed by atoms with Crippen LogP contribution in [0.2, 0.25) is 5.02 Å². The largest absolute Gasteiger partial charge is 0.330 e. The van der Waals surface area contributed by atoms with Gasteiger partial charge in [-0.1, -0.05) is 23.7 Å². The zero-order valence-electron chi connectivity index (χ0n) is 13.5. The van der Waals surface area contributed by atoms with Crippen molar-refractivity contribution in [3.8, 4) is 0 Å². The molecule has 0 atom stereocenters. The molecular weight excluding hydrogens is 333 g/mol. The summed E-state index contributed by atoms with van der Waals surface area (Å²) in [5.41, 5.74) is 7.39. The van der Waals surface area contributed by atoms with Crippen molar-refractivity contribution in [1.82, 2.24) is 9.80 Å². The number of nitrogens with zero attached hydrogens (tertiary/aromatic N) is 2. The van der Waals surface area contributed by atoms with Crippen molar-refractivity contribution < 1.29 is 4.79 Å². The van der Waals surface area contributed by atoms with E-state index in [1.807, 2.05) is 35.0 Å². The van der Waals surface area contributed by atoms with Crippen LogP contribution in [0.25, 0.3) is 0 Å². The third-order valence-electron chi connectivity index (χ3n) is 5.43. The molecule has 1 heterocycles. The Bertz CT molecular complexity index is 559. The number of nitrogens with two attached hydrogens (primary N) is 1. The first-order valence-electron chi connectivity index (χ1n) is 8.03. The smallest absolute Gasteiger partial charge is 0.320 e. The molecule has 1 aromatic carbocycles. The lowest BCUT2D eigenvalue weighted by molar-refractivity contribution is 0.147. The summed E-state index contributed by atoms with van der Waals surface area (Å²) in [5, 5.41) is 0.767. The van der Waals surface area contributed by atoms with Crippen molar-refractivity contribution >= 4 is 30.0 Å². The van der Waals surface area contributed by atoms with Crippen molar-refractivity contribution in [2.24, 2.45) is 5.73 Å². The molecule has 128 valence electrons. The Morgan fingerprint density at radius 2 is 2.00 bits per heavy atom. The SMILES string of the molecule is CN1CCN([C@H]2CC[C@](CN)(c3cccc(Cl)c3)CC2)C1=O.Cl. The second kappa shape index (κ2) is 7.29. The first kappa shape index (κ1) is 18.4. The highest BCUT2D eigenvalue weighted by atomic mass is 35.5. The number of amides is 2. The minimum atomic E-state index is 0. The van der Waals surface area contributed by atoms with Gasteiger partial charge in [0.1, 0.15) is 0 Å². The van der Waals surface area contributed by atoms with Crippen LogP contribution in [0.1, 0.15) is 31.2 Å². The molecule has 1 saturated heterocycles. The van der Waals surface area contributed by atoms with Gasteiger partial charge in [-0.25, -0.2) is 4.79 Å². The number of hydrogen-bond donors (Lipinski definition) is 1. The molecule has 3 rings (SSSR count). The standard InChI is InChI=1S/C17H24ClN3O.ClH/c1-20-9-10-21(16(20)22)15-5-7-17(12-19,8-6-15)13-3-2-4-14(18)11-13;/h2-4,11,15H,5-10,12,19H2,1H3;1H/t15-,17-;. The van der Waals surface area contributed by atoms with Crippen molar-refractivity contribution in [2.45, 2.75) is 37.1 Å². The zero-order valence-corrected chi connectivity index (χ0v) is 15.1. The van der Waals surface area contributed by atoms with E-state index >= 15 is 0 Å². The predicted octanol–water partition coefficient (Wildman–Crippen LogP) is 3.27. The molecule has 1 aromatic rings. The van der Waals surface area contributed by atoms with Gasteiger partial charge < -0.3 is 15.5 Å². The van der Waals surface area contributed by atoms with Gasteiger partial charge in [-0.05, 0) is 43.4 Å². The summed E-state index contributed by atoms with van der Waals surface area (Å²) in [7, 11) is 1.88. The summed E-state index contributed by atoms with van der Waals surface area (Å²) in [6, 6.07) is 8.61.